The summed E-state index contributed by atoms with van der Waals surface area (Å²) >= 11 is 0. The van der Waals surface area contributed by atoms with Crippen LogP contribution in [0.1, 0.15) is 47.5 Å². The third kappa shape index (κ3) is 5.23. The number of carbonyl (C=O) groups excluding carboxylic acids is 1. The summed E-state index contributed by atoms with van der Waals surface area (Å²) in [6, 6.07) is 0.00548. The molecule has 0 saturated carbocycles. The van der Waals surface area contributed by atoms with Crippen molar-refractivity contribution in [1.29, 1.82) is 0 Å². The van der Waals surface area contributed by atoms with Crippen LogP contribution in [0.2, 0.25) is 0 Å². The average Bonchev–Trinajstić information content (AvgIpc) is 2.22. The van der Waals surface area contributed by atoms with Gasteiger partial charge in [0.2, 0.25) is 0 Å². The van der Waals surface area contributed by atoms with E-state index in [1.54, 1.807) is 0 Å². The minimum atomic E-state index is -0.472. The van der Waals surface area contributed by atoms with Crippen molar-refractivity contribution >= 4 is 6.09 Å². The molecule has 1 fully saturated rings. The van der Waals surface area contributed by atoms with E-state index in [2.05, 4.69) is 18.8 Å². The lowest BCUT2D eigenvalue weighted by Gasteiger charge is -2.39. The molecule has 1 amide bonds. The van der Waals surface area contributed by atoms with E-state index in [0.717, 1.165) is 12.8 Å². The predicted molar refractivity (Wildman–Crippen MR) is 76.1 cm³/mol. The van der Waals surface area contributed by atoms with Gasteiger partial charge in [-0.3, -0.25) is 0 Å². The molecule has 1 heterocycles. The molecule has 4 nitrogen and oxygen atoms in total. The zero-order valence-corrected chi connectivity index (χ0v) is 12.7. The third-order valence-electron chi connectivity index (χ3n) is 3.32. The fraction of sp³-hybridized carbons (Fsp3) is 0.800. The Bertz CT molecular complexity index is 322. The Labute approximate surface area is 116 Å². The van der Waals surface area contributed by atoms with Crippen LogP contribution >= 0.6 is 0 Å². The molecule has 1 saturated heterocycles. The van der Waals surface area contributed by atoms with Crippen LogP contribution in [-0.4, -0.2) is 29.9 Å². The second-order valence-electron chi connectivity index (χ2n) is 6.37. The molecule has 0 aromatic rings. The molecule has 0 unspecified atom stereocenters. The third-order valence-corrected chi connectivity index (χ3v) is 3.32. The highest BCUT2D eigenvalue weighted by Gasteiger charge is 2.34. The molecular weight excluding hydrogens is 242 g/mol. The van der Waals surface area contributed by atoms with Gasteiger partial charge in [0.25, 0.3) is 0 Å². The normalized spacial score (nSPS) is 31.6. The lowest BCUT2D eigenvalue weighted by molar-refractivity contribution is -0.0861. The Balaban J connectivity index is 2.52. The molecule has 0 aliphatic carbocycles. The van der Waals surface area contributed by atoms with Crippen molar-refractivity contribution in [3.8, 4) is 0 Å². The zero-order valence-electron chi connectivity index (χ0n) is 12.7. The van der Waals surface area contributed by atoms with Gasteiger partial charge >= 0.3 is 6.09 Å². The highest BCUT2D eigenvalue weighted by Crippen LogP contribution is 2.27. The van der Waals surface area contributed by atoms with E-state index in [1.165, 1.54) is 0 Å². The summed E-state index contributed by atoms with van der Waals surface area (Å²) in [5.74, 6) is 0.397. The maximum Gasteiger partial charge on any atom is 0.407 e. The standard InChI is InChI=1S/C15H27NO3/c1-7-8-13-10(2)9-12(11(3)18-13)16-14(17)19-15(4,5)6/h7,10-13H,1,8-9H2,2-6H3,(H,16,17)/t10-,11+,12+,13-/m0/s1. The molecule has 1 aliphatic heterocycles. The van der Waals surface area contributed by atoms with Crippen LogP contribution in [-0.2, 0) is 9.47 Å². The molecule has 1 rings (SSSR count). The van der Waals surface area contributed by atoms with Crippen molar-refractivity contribution in [2.75, 3.05) is 0 Å². The van der Waals surface area contributed by atoms with Gasteiger partial charge < -0.3 is 14.8 Å². The lowest BCUT2D eigenvalue weighted by Crippen LogP contribution is -2.51. The quantitative estimate of drug-likeness (QED) is 0.800. The van der Waals surface area contributed by atoms with E-state index >= 15 is 0 Å². The number of nitrogens with one attached hydrogen (secondary N) is 1. The van der Waals surface area contributed by atoms with Crippen LogP contribution in [0.25, 0.3) is 0 Å². The first-order chi connectivity index (χ1) is 8.73. The first-order valence-corrected chi connectivity index (χ1v) is 6.99. The fourth-order valence-electron chi connectivity index (χ4n) is 2.34. The summed E-state index contributed by atoms with van der Waals surface area (Å²) in [4.78, 5) is 11.8. The Morgan fingerprint density at radius 3 is 2.63 bits per heavy atom. The van der Waals surface area contributed by atoms with E-state index in [-0.39, 0.29) is 24.3 Å². The van der Waals surface area contributed by atoms with Crippen molar-refractivity contribution in [3.05, 3.63) is 12.7 Å². The maximum absolute atomic E-state index is 11.8. The molecule has 110 valence electrons. The second kappa shape index (κ2) is 6.42. The monoisotopic (exact) mass is 269 g/mol. The average molecular weight is 269 g/mol. The highest BCUT2D eigenvalue weighted by molar-refractivity contribution is 5.68. The summed E-state index contributed by atoms with van der Waals surface area (Å²) in [5.41, 5.74) is -0.472. The molecule has 0 bridgehead atoms. The molecule has 1 N–H and O–H groups in total. The lowest BCUT2D eigenvalue weighted by atomic mass is 9.88. The number of rotatable bonds is 3. The van der Waals surface area contributed by atoms with Crippen LogP contribution in [0.3, 0.4) is 0 Å². The van der Waals surface area contributed by atoms with Gasteiger partial charge in [-0.2, -0.15) is 0 Å². The van der Waals surface area contributed by atoms with Gasteiger partial charge in [-0.05, 0) is 46.5 Å². The van der Waals surface area contributed by atoms with Gasteiger partial charge in [-0.1, -0.05) is 13.0 Å². The van der Waals surface area contributed by atoms with Gasteiger partial charge in [0.15, 0.2) is 0 Å². The molecular formula is C15H27NO3. The van der Waals surface area contributed by atoms with Gasteiger partial charge in [0, 0.05) is 0 Å². The van der Waals surface area contributed by atoms with E-state index in [9.17, 15) is 4.79 Å². The van der Waals surface area contributed by atoms with E-state index in [1.807, 2.05) is 33.8 Å². The SMILES string of the molecule is C=CC[C@@H]1O[C@H](C)[C@H](NC(=O)OC(C)(C)C)C[C@@H]1C. The van der Waals surface area contributed by atoms with Crippen molar-refractivity contribution in [3.63, 3.8) is 0 Å². The van der Waals surface area contributed by atoms with Crippen molar-refractivity contribution < 1.29 is 14.3 Å². The largest absolute Gasteiger partial charge is 0.444 e. The second-order valence-corrected chi connectivity index (χ2v) is 6.37. The number of ether oxygens (including phenoxy) is 2. The highest BCUT2D eigenvalue weighted by atomic mass is 16.6. The smallest absolute Gasteiger partial charge is 0.407 e. The van der Waals surface area contributed by atoms with Crippen molar-refractivity contribution in [2.24, 2.45) is 5.92 Å². The summed E-state index contributed by atoms with van der Waals surface area (Å²) < 4.78 is 11.2. The van der Waals surface area contributed by atoms with Gasteiger partial charge in [-0.15, -0.1) is 6.58 Å². The fourth-order valence-corrected chi connectivity index (χ4v) is 2.34. The summed E-state index contributed by atoms with van der Waals surface area (Å²) in [7, 11) is 0. The minimum Gasteiger partial charge on any atom is -0.444 e. The molecule has 19 heavy (non-hydrogen) atoms. The van der Waals surface area contributed by atoms with Crippen molar-refractivity contribution in [2.45, 2.75) is 71.3 Å². The van der Waals surface area contributed by atoms with Crippen LogP contribution in [0.15, 0.2) is 12.7 Å². The summed E-state index contributed by atoms with van der Waals surface area (Å²) in [6.45, 7) is 13.5. The molecule has 4 heteroatoms. The van der Waals surface area contributed by atoms with Crippen LogP contribution < -0.4 is 5.32 Å². The number of amides is 1. The van der Waals surface area contributed by atoms with Crippen LogP contribution in [0, 0.1) is 5.92 Å². The molecule has 0 spiro atoms. The van der Waals surface area contributed by atoms with Crippen LogP contribution in [0.4, 0.5) is 4.79 Å². The summed E-state index contributed by atoms with van der Waals surface area (Å²) in [5, 5.41) is 2.91. The topological polar surface area (TPSA) is 47.6 Å². The Hall–Kier alpha value is -1.03. The molecule has 0 aromatic heterocycles. The van der Waals surface area contributed by atoms with Crippen LogP contribution in [0.5, 0.6) is 0 Å². The van der Waals surface area contributed by atoms with E-state index in [0.29, 0.717) is 5.92 Å². The molecule has 0 aromatic carbocycles. The van der Waals surface area contributed by atoms with Gasteiger partial charge in [0.1, 0.15) is 5.60 Å². The molecule has 0 radical (unpaired) electrons. The van der Waals surface area contributed by atoms with Gasteiger partial charge in [0.05, 0.1) is 18.2 Å². The van der Waals surface area contributed by atoms with E-state index < -0.39 is 5.60 Å². The van der Waals surface area contributed by atoms with Gasteiger partial charge in [-0.25, -0.2) is 4.79 Å². The Morgan fingerprint density at radius 2 is 2.11 bits per heavy atom. The number of alkyl carbamates (subject to hydrolysis) is 1. The number of hydrogen-bond donors (Lipinski definition) is 1. The van der Waals surface area contributed by atoms with E-state index in [4.69, 9.17) is 9.47 Å². The Kier molecular flexibility index (Phi) is 5.41. The zero-order chi connectivity index (χ0) is 14.6. The Morgan fingerprint density at radius 1 is 1.47 bits per heavy atom. The first kappa shape index (κ1) is 16.0. The molecule has 4 atom stereocenters. The number of hydrogen-bond acceptors (Lipinski definition) is 3. The van der Waals surface area contributed by atoms with Crippen molar-refractivity contribution in [1.82, 2.24) is 5.32 Å². The minimum absolute atomic E-state index is 0.00548. The summed E-state index contributed by atoms with van der Waals surface area (Å²) in [6.07, 6.45) is 3.46. The maximum atomic E-state index is 11.8. The predicted octanol–water partition coefficient (Wildman–Crippen LogP) is 3.27. The number of carbonyl (C=O) groups is 1. The molecule has 1 aliphatic rings. The first-order valence-electron chi connectivity index (χ1n) is 6.99.